The van der Waals surface area contributed by atoms with Crippen LogP contribution in [0.1, 0.15) is 40.4 Å². The van der Waals surface area contributed by atoms with Crippen LogP contribution in [-0.4, -0.2) is 82.5 Å². The van der Waals surface area contributed by atoms with Crippen LogP contribution in [0.4, 0.5) is 10.5 Å². The average molecular weight is 775 g/mol. The van der Waals surface area contributed by atoms with Gasteiger partial charge in [-0.3, -0.25) is 19.4 Å². The van der Waals surface area contributed by atoms with Gasteiger partial charge in [-0.25, -0.2) is 4.79 Å². The lowest BCUT2D eigenvalue weighted by molar-refractivity contribution is -0.157. The molecular formula is C47H46N6O5. The van der Waals surface area contributed by atoms with Crippen molar-refractivity contribution in [2.45, 2.75) is 45.1 Å². The van der Waals surface area contributed by atoms with E-state index in [9.17, 15) is 19.2 Å². The molecule has 11 nitrogen and oxygen atoms in total. The van der Waals surface area contributed by atoms with Gasteiger partial charge in [-0.2, -0.15) is 5.01 Å². The number of hydrogen-bond donors (Lipinski definition) is 2. The molecular weight excluding hydrogens is 729 g/mol. The van der Waals surface area contributed by atoms with Gasteiger partial charge in [0.05, 0.1) is 20.2 Å². The molecule has 6 aromatic carbocycles. The summed E-state index contributed by atoms with van der Waals surface area (Å²) in [6.07, 6.45) is 0.358. The third kappa shape index (κ3) is 7.81. The summed E-state index contributed by atoms with van der Waals surface area (Å²) in [5.41, 5.74) is 3.94. The number of carbonyl (C=O) groups is 4. The second-order valence-electron chi connectivity index (χ2n) is 14.8. The van der Waals surface area contributed by atoms with Crippen molar-refractivity contribution in [3.8, 4) is 5.75 Å². The van der Waals surface area contributed by atoms with Gasteiger partial charge in [0.25, 0.3) is 5.91 Å². The fraction of sp³-hybridized carbons (Fsp3) is 0.234. The van der Waals surface area contributed by atoms with Gasteiger partial charge in [0.2, 0.25) is 11.8 Å². The summed E-state index contributed by atoms with van der Waals surface area (Å²) in [4.78, 5) is 59.5. The first-order valence-corrected chi connectivity index (χ1v) is 19.7. The zero-order chi connectivity index (χ0) is 40.2. The number of carbonyl (C=O) groups excluding carboxylic acids is 4. The Kier molecular flexibility index (Phi) is 11.0. The minimum atomic E-state index is -0.812. The molecule has 2 heterocycles. The summed E-state index contributed by atoms with van der Waals surface area (Å²) in [6.45, 7) is 3.22. The van der Waals surface area contributed by atoms with E-state index < -0.39 is 12.2 Å². The maximum Gasteiger partial charge on any atom is 0.332 e. The Labute approximate surface area is 337 Å². The SMILES string of the molecule is CCCN(C(=O)NCc1ccc(OC)cc1)N1CC(=O)N2[C@@H](Cc3ccc(NC(=O)c4cccc5ccccc45)cc3)C(=O)N(Cc3cccc4ccccc34)C[C@@H]21. The van der Waals surface area contributed by atoms with E-state index in [-0.39, 0.29) is 43.3 Å². The molecule has 11 heteroatoms. The van der Waals surface area contributed by atoms with Gasteiger partial charge in [0.15, 0.2) is 0 Å². The zero-order valence-electron chi connectivity index (χ0n) is 32.6. The van der Waals surface area contributed by atoms with Crippen molar-refractivity contribution < 1.29 is 23.9 Å². The molecule has 2 fully saturated rings. The van der Waals surface area contributed by atoms with Crippen molar-refractivity contribution in [1.82, 2.24) is 25.1 Å². The van der Waals surface area contributed by atoms with E-state index in [4.69, 9.17) is 4.74 Å². The number of benzene rings is 6. The first kappa shape index (κ1) is 38.2. The zero-order valence-corrected chi connectivity index (χ0v) is 32.6. The van der Waals surface area contributed by atoms with Gasteiger partial charge >= 0.3 is 6.03 Å². The molecule has 0 bridgehead atoms. The summed E-state index contributed by atoms with van der Waals surface area (Å²) in [7, 11) is 1.61. The highest BCUT2D eigenvalue weighted by Crippen LogP contribution is 2.32. The van der Waals surface area contributed by atoms with Crippen LogP contribution >= 0.6 is 0 Å². The molecule has 6 aromatic rings. The number of ether oxygens (including phenoxy) is 1. The topological polar surface area (TPSA) is 115 Å². The van der Waals surface area contributed by atoms with Crippen LogP contribution in [0.2, 0.25) is 0 Å². The number of methoxy groups -OCH3 is 1. The van der Waals surface area contributed by atoms with Gasteiger partial charge < -0.3 is 25.2 Å². The van der Waals surface area contributed by atoms with Gasteiger partial charge in [-0.15, -0.1) is 0 Å². The van der Waals surface area contributed by atoms with Crippen molar-refractivity contribution >= 4 is 51.0 Å². The summed E-state index contributed by atoms with van der Waals surface area (Å²) < 4.78 is 5.28. The number of hydrazine groups is 1. The maximum atomic E-state index is 14.6. The van der Waals surface area contributed by atoms with Crippen molar-refractivity contribution in [2.24, 2.45) is 0 Å². The van der Waals surface area contributed by atoms with Crippen molar-refractivity contribution in [3.63, 3.8) is 0 Å². The van der Waals surface area contributed by atoms with E-state index >= 15 is 0 Å². The molecule has 0 saturated carbocycles. The van der Waals surface area contributed by atoms with Crippen molar-refractivity contribution in [2.75, 3.05) is 32.1 Å². The van der Waals surface area contributed by atoms with Gasteiger partial charge in [-0.05, 0) is 75.0 Å². The first-order valence-electron chi connectivity index (χ1n) is 19.7. The van der Waals surface area contributed by atoms with E-state index in [0.29, 0.717) is 37.3 Å². The monoisotopic (exact) mass is 774 g/mol. The van der Waals surface area contributed by atoms with Gasteiger partial charge in [0.1, 0.15) is 18.0 Å². The van der Waals surface area contributed by atoms with Crippen molar-refractivity contribution in [3.05, 3.63) is 156 Å². The van der Waals surface area contributed by atoms with Crippen LogP contribution < -0.4 is 15.4 Å². The molecule has 2 atom stereocenters. The van der Waals surface area contributed by atoms with E-state index in [0.717, 1.165) is 44.0 Å². The molecule has 8 rings (SSSR count). The lowest BCUT2D eigenvalue weighted by Gasteiger charge is -2.46. The number of rotatable bonds is 12. The van der Waals surface area contributed by atoms with Crippen LogP contribution in [-0.2, 0) is 29.1 Å². The second-order valence-corrected chi connectivity index (χ2v) is 14.8. The molecule has 2 aliphatic heterocycles. The Balaban J connectivity index is 1.05. The van der Waals surface area contributed by atoms with Crippen LogP contribution in [0.3, 0.4) is 0 Å². The molecule has 0 aliphatic carbocycles. The van der Waals surface area contributed by atoms with Crippen LogP contribution in [0.25, 0.3) is 21.5 Å². The highest BCUT2D eigenvalue weighted by Gasteiger charge is 2.52. The van der Waals surface area contributed by atoms with Crippen molar-refractivity contribution in [1.29, 1.82) is 0 Å². The lowest BCUT2D eigenvalue weighted by Crippen LogP contribution is -2.66. The Bertz CT molecular complexity index is 2460. The average Bonchev–Trinajstić information content (AvgIpc) is 3.58. The highest BCUT2D eigenvalue weighted by molar-refractivity contribution is 6.13. The number of hydrogen-bond acceptors (Lipinski definition) is 6. The number of nitrogens with zero attached hydrogens (tertiary/aromatic N) is 4. The summed E-state index contributed by atoms with van der Waals surface area (Å²) in [5, 5.41) is 13.5. The minimum absolute atomic E-state index is 0.0361. The molecule has 0 aromatic heterocycles. The first-order chi connectivity index (χ1) is 28.3. The number of anilines is 1. The largest absolute Gasteiger partial charge is 0.497 e. The fourth-order valence-corrected chi connectivity index (χ4v) is 8.17. The number of urea groups is 1. The molecule has 294 valence electrons. The molecule has 0 spiro atoms. The Morgan fingerprint density at radius 1 is 0.776 bits per heavy atom. The molecule has 5 amide bonds. The summed E-state index contributed by atoms with van der Waals surface area (Å²) in [5.74, 6) is 0.147. The lowest BCUT2D eigenvalue weighted by atomic mass is 9.98. The van der Waals surface area contributed by atoms with E-state index in [1.54, 1.807) is 17.0 Å². The molecule has 58 heavy (non-hydrogen) atoms. The van der Waals surface area contributed by atoms with E-state index in [1.807, 2.05) is 132 Å². The normalized spacial score (nSPS) is 16.7. The summed E-state index contributed by atoms with van der Waals surface area (Å²) >= 11 is 0. The summed E-state index contributed by atoms with van der Waals surface area (Å²) in [6, 6.07) is 41.4. The van der Waals surface area contributed by atoms with Crippen LogP contribution in [0, 0.1) is 0 Å². The van der Waals surface area contributed by atoms with E-state index in [1.165, 1.54) is 0 Å². The predicted octanol–water partition coefficient (Wildman–Crippen LogP) is 7.21. The standard InChI is InChI=1S/C47H46N6O5/c1-3-26-51(47(57)48-28-33-20-24-38(58-2)25-21-33)52-31-44(54)53-42(46(56)50(30-43(52)53)29-36-14-8-12-34-10-4-6-15-39(34)36)27-32-18-22-37(23-19-32)49-45(55)41-17-9-13-35-11-5-7-16-40(35)41/h4-25,42-43H,3,26-31H2,1-2H3,(H,48,57)(H,49,55)/t42-,43+/m0/s1. The third-order valence-electron chi connectivity index (χ3n) is 11.1. The Morgan fingerprint density at radius 2 is 1.43 bits per heavy atom. The quantitative estimate of drug-likeness (QED) is 0.136. The Morgan fingerprint density at radius 3 is 2.16 bits per heavy atom. The minimum Gasteiger partial charge on any atom is -0.497 e. The number of fused-ring (bicyclic) bond motifs is 3. The predicted molar refractivity (Wildman–Crippen MR) is 225 cm³/mol. The van der Waals surface area contributed by atoms with Gasteiger partial charge in [-0.1, -0.05) is 110 Å². The smallest absolute Gasteiger partial charge is 0.332 e. The molecule has 0 unspecified atom stereocenters. The third-order valence-corrected chi connectivity index (χ3v) is 11.1. The number of nitrogens with one attached hydrogen (secondary N) is 2. The highest BCUT2D eigenvalue weighted by atomic mass is 16.5. The molecule has 2 N–H and O–H groups in total. The fourth-order valence-electron chi connectivity index (χ4n) is 8.17. The van der Waals surface area contributed by atoms with Crippen LogP contribution in [0.15, 0.2) is 133 Å². The molecule has 2 aliphatic rings. The molecule has 2 saturated heterocycles. The molecule has 0 radical (unpaired) electrons. The number of piperazine rings is 1. The van der Waals surface area contributed by atoms with E-state index in [2.05, 4.69) is 28.8 Å². The maximum absolute atomic E-state index is 14.6. The van der Waals surface area contributed by atoms with Crippen LogP contribution in [0.5, 0.6) is 5.75 Å². The van der Waals surface area contributed by atoms with Gasteiger partial charge in [0, 0.05) is 37.3 Å². The second kappa shape index (κ2) is 16.8. The number of amides is 5. The Hall–Kier alpha value is -6.72.